The van der Waals surface area contributed by atoms with Crippen molar-refractivity contribution in [3.05, 3.63) is 106 Å². The SMILES string of the molecule is COc1ccc(C(OC)(OC)c2ccc3c(c2)-c2ccccc2S3(OS(=O)(=O)C(F)(F)C(F)(F)C(F)(F)C(F)(F)F)c2ccc(I)cc2)cc1. The third kappa shape index (κ3) is 5.56. The van der Waals surface area contributed by atoms with Crippen molar-refractivity contribution < 1.29 is 65.8 Å². The lowest BCUT2D eigenvalue weighted by Crippen LogP contribution is -2.63. The van der Waals surface area contributed by atoms with Gasteiger partial charge in [-0.3, -0.25) is 0 Å². The van der Waals surface area contributed by atoms with E-state index < -0.39 is 49.5 Å². The summed E-state index contributed by atoms with van der Waals surface area (Å²) in [6, 6.07) is 21.4. The van der Waals surface area contributed by atoms with Crippen LogP contribution in [0.15, 0.2) is 106 Å². The molecule has 270 valence electrons. The quantitative estimate of drug-likeness (QED) is 0.0850. The zero-order chi connectivity index (χ0) is 37.1. The maximum Gasteiger partial charge on any atom is 0.460 e. The van der Waals surface area contributed by atoms with Crippen molar-refractivity contribution in [2.24, 2.45) is 0 Å². The highest BCUT2D eigenvalue weighted by atomic mass is 127. The first kappa shape index (κ1) is 38.2. The van der Waals surface area contributed by atoms with E-state index in [9.17, 15) is 39.2 Å². The molecule has 4 aromatic carbocycles. The summed E-state index contributed by atoms with van der Waals surface area (Å²) in [6.45, 7) is 0. The molecular formula is C32H24F9IO6S2. The smallest absolute Gasteiger partial charge is 0.460 e. The second-order valence-electron chi connectivity index (χ2n) is 10.7. The molecule has 0 fully saturated rings. The summed E-state index contributed by atoms with van der Waals surface area (Å²) in [5, 5.41) is -7.09. The van der Waals surface area contributed by atoms with E-state index >= 15 is 8.78 Å². The van der Waals surface area contributed by atoms with Gasteiger partial charge in [-0.2, -0.15) is 47.9 Å². The molecule has 0 saturated carbocycles. The molecule has 0 aliphatic carbocycles. The van der Waals surface area contributed by atoms with Gasteiger partial charge in [-0.05, 0) is 111 Å². The monoisotopic (exact) mass is 866 g/mol. The molecule has 1 heterocycles. The topological polar surface area (TPSA) is 71.1 Å². The lowest BCUT2D eigenvalue weighted by Gasteiger charge is -2.39. The number of rotatable bonds is 11. The van der Waals surface area contributed by atoms with Crippen LogP contribution in [0.2, 0.25) is 0 Å². The zero-order valence-corrected chi connectivity index (χ0v) is 29.5. The lowest BCUT2D eigenvalue weighted by atomic mass is 9.93. The second kappa shape index (κ2) is 12.9. The molecule has 0 amide bonds. The number of benzene rings is 4. The van der Waals surface area contributed by atoms with Gasteiger partial charge in [-0.25, -0.2) is 3.63 Å². The van der Waals surface area contributed by atoms with E-state index in [1.807, 2.05) is 22.6 Å². The Bertz CT molecular complexity index is 2000. The zero-order valence-electron chi connectivity index (χ0n) is 25.7. The first-order valence-electron chi connectivity index (χ1n) is 13.9. The van der Waals surface area contributed by atoms with Crippen LogP contribution in [0, 0.1) is 3.57 Å². The molecule has 1 unspecified atom stereocenters. The van der Waals surface area contributed by atoms with Crippen molar-refractivity contribution in [3.63, 3.8) is 0 Å². The van der Waals surface area contributed by atoms with Gasteiger partial charge >= 0.3 is 33.4 Å². The van der Waals surface area contributed by atoms with Crippen molar-refractivity contribution in [2.45, 2.75) is 43.7 Å². The van der Waals surface area contributed by atoms with E-state index in [1.54, 1.807) is 24.3 Å². The average Bonchev–Trinajstić information content (AvgIpc) is 3.34. The number of alkyl halides is 9. The molecule has 0 spiro atoms. The first-order valence-corrected chi connectivity index (χ1v) is 18.0. The van der Waals surface area contributed by atoms with Crippen LogP contribution in [0.4, 0.5) is 39.5 Å². The molecule has 5 rings (SSSR count). The highest BCUT2D eigenvalue weighted by Gasteiger charge is 2.86. The Balaban J connectivity index is 1.79. The fourth-order valence-corrected chi connectivity index (χ4v) is 11.4. The van der Waals surface area contributed by atoms with E-state index in [4.69, 9.17) is 17.8 Å². The predicted molar refractivity (Wildman–Crippen MR) is 172 cm³/mol. The van der Waals surface area contributed by atoms with Gasteiger partial charge in [0, 0.05) is 43.6 Å². The predicted octanol–water partition coefficient (Wildman–Crippen LogP) is 9.74. The molecule has 0 radical (unpaired) electrons. The summed E-state index contributed by atoms with van der Waals surface area (Å²) < 4.78 is 175. The minimum Gasteiger partial charge on any atom is -0.497 e. The van der Waals surface area contributed by atoms with Crippen LogP contribution in [-0.4, -0.2) is 53.0 Å². The van der Waals surface area contributed by atoms with Gasteiger partial charge in [0.25, 0.3) is 0 Å². The van der Waals surface area contributed by atoms with Gasteiger partial charge in [0.05, 0.1) is 7.11 Å². The van der Waals surface area contributed by atoms with Crippen LogP contribution < -0.4 is 4.74 Å². The standard InChI is InChI=1S/C32H24F9IO6S2/c1-45-22-13-8-19(9-14-22)28(46-2,47-3)20-10-17-27-25(18-20)24-6-4-5-7-26(24)49(27,23-15-11-21(42)12-16-23)48-50(43,44)32(40,41)30(35,36)29(33,34)31(37,38)39/h4-18H,1-3H3. The summed E-state index contributed by atoms with van der Waals surface area (Å²) in [5.74, 6) is -16.1. The molecule has 1 aliphatic heterocycles. The summed E-state index contributed by atoms with van der Waals surface area (Å²) in [4.78, 5) is -0.504. The van der Waals surface area contributed by atoms with Gasteiger partial charge in [0.2, 0.25) is 5.79 Å². The molecule has 0 bridgehead atoms. The van der Waals surface area contributed by atoms with Crippen molar-refractivity contribution in [2.75, 3.05) is 21.3 Å². The van der Waals surface area contributed by atoms with Gasteiger partial charge in [-0.1, -0.05) is 24.3 Å². The molecule has 0 N–H and O–H groups in total. The Morgan fingerprint density at radius 3 is 1.72 bits per heavy atom. The van der Waals surface area contributed by atoms with Crippen LogP contribution in [-0.2, 0) is 29.0 Å². The maximum atomic E-state index is 15.2. The van der Waals surface area contributed by atoms with Crippen LogP contribution >= 0.6 is 32.9 Å². The van der Waals surface area contributed by atoms with Crippen molar-refractivity contribution in [3.8, 4) is 16.9 Å². The number of hydrogen-bond acceptors (Lipinski definition) is 6. The molecule has 0 aromatic heterocycles. The van der Waals surface area contributed by atoms with E-state index in [2.05, 4.69) is 0 Å². The fraction of sp³-hybridized carbons (Fsp3) is 0.250. The van der Waals surface area contributed by atoms with Crippen LogP contribution in [0.25, 0.3) is 11.1 Å². The molecule has 4 aromatic rings. The Morgan fingerprint density at radius 2 is 1.18 bits per heavy atom. The van der Waals surface area contributed by atoms with Gasteiger partial charge < -0.3 is 14.2 Å². The van der Waals surface area contributed by atoms with Crippen molar-refractivity contribution >= 4 is 43.0 Å². The second-order valence-corrected chi connectivity index (χ2v) is 16.3. The van der Waals surface area contributed by atoms with E-state index in [-0.39, 0.29) is 31.4 Å². The van der Waals surface area contributed by atoms with Gasteiger partial charge in [0.15, 0.2) is 0 Å². The van der Waals surface area contributed by atoms with E-state index in [0.717, 1.165) is 0 Å². The highest BCUT2D eigenvalue weighted by molar-refractivity contribution is 14.1. The summed E-state index contributed by atoms with van der Waals surface area (Å²) in [5.41, 5.74) is 0.977. The number of hydrogen-bond donors (Lipinski definition) is 0. The highest BCUT2D eigenvalue weighted by Crippen LogP contribution is 2.78. The van der Waals surface area contributed by atoms with Gasteiger partial charge in [-0.15, -0.1) is 0 Å². The minimum atomic E-state index is -7.50. The lowest BCUT2D eigenvalue weighted by molar-refractivity contribution is -0.382. The van der Waals surface area contributed by atoms with Crippen LogP contribution in [0.1, 0.15) is 11.1 Å². The molecule has 0 saturated heterocycles. The van der Waals surface area contributed by atoms with Crippen LogP contribution in [0.3, 0.4) is 0 Å². The Kier molecular flexibility index (Phi) is 9.83. The first-order chi connectivity index (χ1) is 23.2. The molecule has 18 heteroatoms. The Morgan fingerprint density at radius 1 is 0.640 bits per heavy atom. The third-order valence-electron chi connectivity index (χ3n) is 7.97. The Labute approximate surface area is 295 Å². The molecule has 1 atom stereocenters. The van der Waals surface area contributed by atoms with Crippen molar-refractivity contribution in [1.29, 1.82) is 0 Å². The summed E-state index contributed by atoms with van der Waals surface area (Å²) in [7, 11) is -7.37. The minimum absolute atomic E-state index is 0.115. The maximum absolute atomic E-state index is 15.2. The largest absolute Gasteiger partial charge is 0.497 e. The fourth-order valence-electron chi connectivity index (χ4n) is 5.47. The number of fused-ring (bicyclic) bond motifs is 3. The normalized spacial score (nSPS) is 18.3. The molecule has 6 nitrogen and oxygen atoms in total. The van der Waals surface area contributed by atoms with E-state index in [0.29, 0.717) is 14.9 Å². The number of halogens is 10. The summed E-state index contributed by atoms with van der Waals surface area (Å²) >= 11 is 1.87. The summed E-state index contributed by atoms with van der Waals surface area (Å²) in [6.07, 6.45) is -7.25. The molecular weight excluding hydrogens is 842 g/mol. The number of methoxy groups -OCH3 is 3. The van der Waals surface area contributed by atoms with E-state index in [1.165, 1.54) is 88.1 Å². The molecule has 50 heavy (non-hydrogen) atoms. The van der Waals surface area contributed by atoms with Crippen molar-refractivity contribution in [1.82, 2.24) is 0 Å². The Hall–Kier alpha value is -3.04. The van der Waals surface area contributed by atoms with Gasteiger partial charge in [0.1, 0.15) is 5.75 Å². The average molecular weight is 867 g/mol. The third-order valence-corrected chi connectivity index (χ3v) is 14.0. The number of ether oxygens (including phenoxy) is 3. The molecule has 1 aliphatic rings. The van der Waals surface area contributed by atoms with Crippen LogP contribution in [0.5, 0.6) is 5.75 Å².